The number of hydrogen-bond acceptors (Lipinski definition) is 3. The molecule has 19 heavy (non-hydrogen) atoms. The largest absolute Gasteiger partial charge is 0.372 e. The van der Waals surface area contributed by atoms with Gasteiger partial charge in [0.25, 0.3) is 0 Å². The van der Waals surface area contributed by atoms with E-state index in [0.29, 0.717) is 6.04 Å². The van der Waals surface area contributed by atoms with Crippen molar-refractivity contribution in [2.24, 2.45) is 0 Å². The van der Waals surface area contributed by atoms with Crippen LogP contribution in [-0.2, 0) is 0 Å². The number of nitrogens with zero attached hydrogens (tertiary/aromatic N) is 1. The lowest BCUT2D eigenvalue weighted by molar-refractivity contribution is 0.601. The van der Waals surface area contributed by atoms with Crippen molar-refractivity contribution in [2.45, 2.75) is 32.4 Å². The zero-order valence-electron chi connectivity index (χ0n) is 12.5. The lowest BCUT2D eigenvalue weighted by Gasteiger charge is -2.30. The summed E-state index contributed by atoms with van der Waals surface area (Å²) in [5, 5.41) is 3.19. The van der Waals surface area contributed by atoms with Gasteiger partial charge in [0.2, 0.25) is 0 Å². The molecule has 2 unspecified atom stereocenters. The highest BCUT2D eigenvalue weighted by atomic mass is 32.2. The van der Waals surface area contributed by atoms with E-state index in [0.717, 1.165) is 23.4 Å². The van der Waals surface area contributed by atoms with Crippen molar-refractivity contribution >= 4 is 17.4 Å². The molecule has 0 aliphatic carbocycles. The van der Waals surface area contributed by atoms with Crippen molar-refractivity contribution in [3.05, 3.63) is 29.6 Å². The lowest BCUT2D eigenvalue weighted by atomic mass is 10.0. The SMILES string of the molecule is CNC(C)c1cc(F)ccc1N(C)C(C)CCSC. The summed E-state index contributed by atoms with van der Waals surface area (Å²) in [6.45, 7) is 4.27. The Bertz CT molecular complexity index is 398. The molecule has 0 radical (unpaired) electrons. The van der Waals surface area contributed by atoms with Gasteiger partial charge < -0.3 is 10.2 Å². The Hall–Kier alpha value is -0.740. The van der Waals surface area contributed by atoms with Gasteiger partial charge in [-0.05, 0) is 63.1 Å². The van der Waals surface area contributed by atoms with Crippen LogP contribution in [0.5, 0.6) is 0 Å². The van der Waals surface area contributed by atoms with Gasteiger partial charge in [-0.2, -0.15) is 11.8 Å². The minimum Gasteiger partial charge on any atom is -0.372 e. The Morgan fingerprint density at radius 1 is 1.37 bits per heavy atom. The molecule has 0 heterocycles. The first kappa shape index (κ1) is 16.3. The molecule has 1 N–H and O–H groups in total. The third-order valence-electron chi connectivity index (χ3n) is 3.67. The Morgan fingerprint density at radius 2 is 2.05 bits per heavy atom. The minimum atomic E-state index is -0.175. The van der Waals surface area contributed by atoms with E-state index in [1.807, 2.05) is 24.9 Å². The standard InChI is InChI=1S/C15H25FN2S/c1-11(8-9-19-5)18(4)15-7-6-13(16)10-14(15)12(2)17-3/h6-7,10-12,17H,8-9H2,1-5H3. The fraction of sp³-hybridized carbons (Fsp3) is 0.600. The van der Waals surface area contributed by atoms with Crippen molar-refractivity contribution < 1.29 is 4.39 Å². The van der Waals surface area contributed by atoms with Gasteiger partial charge in [0, 0.05) is 24.8 Å². The smallest absolute Gasteiger partial charge is 0.123 e. The molecule has 4 heteroatoms. The lowest BCUT2D eigenvalue weighted by Crippen LogP contribution is -2.31. The van der Waals surface area contributed by atoms with Gasteiger partial charge in [-0.15, -0.1) is 0 Å². The topological polar surface area (TPSA) is 15.3 Å². The molecule has 0 saturated heterocycles. The van der Waals surface area contributed by atoms with Gasteiger partial charge in [0.1, 0.15) is 5.82 Å². The van der Waals surface area contributed by atoms with Crippen molar-refractivity contribution in [3.8, 4) is 0 Å². The summed E-state index contributed by atoms with van der Waals surface area (Å²) in [7, 11) is 3.99. The Balaban J connectivity index is 2.98. The van der Waals surface area contributed by atoms with Crippen LogP contribution in [0.2, 0.25) is 0 Å². The Labute approximate surface area is 120 Å². The van der Waals surface area contributed by atoms with Crippen LogP contribution in [0.3, 0.4) is 0 Å². The van der Waals surface area contributed by atoms with Crippen LogP contribution in [0.15, 0.2) is 18.2 Å². The summed E-state index contributed by atoms with van der Waals surface area (Å²) >= 11 is 1.86. The normalized spacial score (nSPS) is 14.2. The molecule has 108 valence electrons. The third-order valence-corrected chi connectivity index (χ3v) is 4.31. The van der Waals surface area contributed by atoms with E-state index < -0.39 is 0 Å². The average molecular weight is 284 g/mol. The second-order valence-electron chi connectivity index (χ2n) is 4.95. The molecule has 1 aromatic rings. The van der Waals surface area contributed by atoms with Gasteiger partial charge >= 0.3 is 0 Å². The molecule has 1 aromatic carbocycles. The molecule has 2 nitrogen and oxygen atoms in total. The summed E-state index contributed by atoms with van der Waals surface area (Å²) in [6, 6.07) is 5.64. The van der Waals surface area contributed by atoms with Gasteiger partial charge in [-0.3, -0.25) is 0 Å². The van der Waals surface area contributed by atoms with Crippen LogP contribution in [-0.4, -0.2) is 32.1 Å². The van der Waals surface area contributed by atoms with Gasteiger partial charge in [0.05, 0.1) is 0 Å². The molecule has 0 amide bonds. The van der Waals surface area contributed by atoms with Crippen LogP contribution in [0.1, 0.15) is 31.9 Å². The predicted octanol–water partition coefficient (Wildman–Crippen LogP) is 3.68. The molecule has 1 rings (SSSR count). The maximum Gasteiger partial charge on any atom is 0.123 e. The van der Waals surface area contributed by atoms with Gasteiger partial charge in [-0.1, -0.05) is 0 Å². The molecule has 2 atom stereocenters. The number of hydrogen-bond donors (Lipinski definition) is 1. The zero-order valence-corrected chi connectivity index (χ0v) is 13.4. The van der Waals surface area contributed by atoms with Crippen LogP contribution >= 0.6 is 11.8 Å². The van der Waals surface area contributed by atoms with E-state index >= 15 is 0 Å². The second kappa shape index (κ2) is 7.75. The van der Waals surface area contributed by atoms with Crippen molar-refractivity contribution in [2.75, 3.05) is 31.0 Å². The first-order valence-electron chi connectivity index (χ1n) is 6.69. The summed E-state index contributed by atoms with van der Waals surface area (Å²) in [6.07, 6.45) is 3.25. The molecule has 0 aliphatic heterocycles. The van der Waals surface area contributed by atoms with E-state index in [2.05, 4.69) is 37.4 Å². The molecule has 0 aromatic heterocycles. The number of thioether (sulfide) groups is 1. The monoisotopic (exact) mass is 284 g/mol. The number of nitrogens with one attached hydrogen (secondary N) is 1. The minimum absolute atomic E-state index is 0.140. The third kappa shape index (κ3) is 4.39. The summed E-state index contributed by atoms with van der Waals surface area (Å²) in [5.41, 5.74) is 2.12. The molecule has 0 bridgehead atoms. The van der Waals surface area contributed by atoms with Gasteiger partial charge in [0.15, 0.2) is 0 Å². The first-order valence-corrected chi connectivity index (χ1v) is 8.09. The van der Waals surface area contributed by atoms with E-state index in [4.69, 9.17) is 0 Å². The number of halogens is 1. The maximum atomic E-state index is 13.5. The predicted molar refractivity (Wildman–Crippen MR) is 84.7 cm³/mol. The highest BCUT2D eigenvalue weighted by Crippen LogP contribution is 2.28. The van der Waals surface area contributed by atoms with E-state index in [1.54, 1.807) is 12.1 Å². The Morgan fingerprint density at radius 3 is 2.63 bits per heavy atom. The Kier molecular flexibility index (Phi) is 6.66. The molecule has 0 spiro atoms. The number of anilines is 1. The highest BCUT2D eigenvalue weighted by molar-refractivity contribution is 7.98. The van der Waals surface area contributed by atoms with Crippen LogP contribution < -0.4 is 10.2 Å². The maximum absolute atomic E-state index is 13.5. The van der Waals surface area contributed by atoms with E-state index in [9.17, 15) is 4.39 Å². The summed E-state index contributed by atoms with van der Waals surface area (Å²) in [4.78, 5) is 2.25. The van der Waals surface area contributed by atoms with E-state index in [1.165, 1.54) is 0 Å². The van der Waals surface area contributed by atoms with Crippen LogP contribution in [0.25, 0.3) is 0 Å². The highest BCUT2D eigenvalue weighted by Gasteiger charge is 2.17. The number of benzene rings is 1. The van der Waals surface area contributed by atoms with Crippen molar-refractivity contribution in [3.63, 3.8) is 0 Å². The first-order chi connectivity index (χ1) is 9.01. The average Bonchev–Trinajstić information content (AvgIpc) is 2.42. The quantitative estimate of drug-likeness (QED) is 0.822. The molecule has 0 fully saturated rings. The fourth-order valence-corrected chi connectivity index (χ4v) is 2.65. The molecule has 0 aliphatic rings. The van der Waals surface area contributed by atoms with Gasteiger partial charge in [-0.25, -0.2) is 4.39 Å². The molecular formula is C15H25FN2S. The molecular weight excluding hydrogens is 259 g/mol. The zero-order chi connectivity index (χ0) is 14.4. The second-order valence-corrected chi connectivity index (χ2v) is 5.94. The van der Waals surface area contributed by atoms with Crippen molar-refractivity contribution in [1.29, 1.82) is 0 Å². The van der Waals surface area contributed by atoms with Crippen LogP contribution in [0.4, 0.5) is 10.1 Å². The van der Waals surface area contributed by atoms with E-state index in [-0.39, 0.29) is 11.9 Å². The fourth-order valence-electron chi connectivity index (χ4n) is 2.07. The number of rotatable bonds is 7. The summed E-state index contributed by atoms with van der Waals surface area (Å²) in [5.74, 6) is 0.967. The molecule has 0 saturated carbocycles. The van der Waals surface area contributed by atoms with Crippen molar-refractivity contribution in [1.82, 2.24) is 5.32 Å². The summed E-state index contributed by atoms with van der Waals surface area (Å²) < 4.78 is 13.5. The van der Waals surface area contributed by atoms with Crippen LogP contribution in [0, 0.1) is 5.82 Å².